The molecule has 128 valence electrons. The van der Waals surface area contributed by atoms with Crippen LogP contribution < -0.4 is 4.74 Å². The van der Waals surface area contributed by atoms with Crippen molar-refractivity contribution >= 4 is 0 Å². The Morgan fingerprint density at radius 3 is 2.16 bits per heavy atom. The molecule has 3 aromatic rings. The van der Waals surface area contributed by atoms with Crippen molar-refractivity contribution in [1.29, 1.82) is 0 Å². The summed E-state index contributed by atoms with van der Waals surface area (Å²) in [7, 11) is 0. The summed E-state index contributed by atoms with van der Waals surface area (Å²) in [4.78, 5) is 0. The summed E-state index contributed by atoms with van der Waals surface area (Å²) in [6.45, 7) is 0.00411. The molecular weight excluding hydrogens is 329 g/mol. The summed E-state index contributed by atoms with van der Waals surface area (Å²) in [6, 6.07) is 19.1. The average Bonchev–Trinajstić information content (AvgIpc) is 2.60. The first-order valence-electron chi connectivity index (χ1n) is 7.61. The molecule has 0 bridgehead atoms. The highest BCUT2D eigenvalue weighted by atomic mass is 19.4. The molecular formula is C20H15F3O2. The van der Waals surface area contributed by atoms with Crippen molar-refractivity contribution in [3.63, 3.8) is 0 Å². The summed E-state index contributed by atoms with van der Waals surface area (Å²) in [5.41, 5.74) is 1.65. The smallest absolute Gasteiger partial charge is 0.419 e. The Balaban J connectivity index is 1.87. The van der Waals surface area contributed by atoms with Crippen LogP contribution >= 0.6 is 0 Å². The summed E-state index contributed by atoms with van der Waals surface area (Å²) >= 11 is 0. The van der Waals surface area contributed by atoms with Gasteiger partial charge in [-0.2, -0.15) is 13.2 Å². The number of para-hydroxylation sites is 1. The molecule has 5 heteroatoms. The van der Waals surface area contributed by atoms with Crippen molar-refractivity contribution in [3.8, 4) is 22.6 Å². The fourth-order valence-corrected chi connectivity index (χ4v) is 2.55. The molecule has 0 aliphatic heterocycles. The molecule has 0 atom stereocenters. The van der Waals surface area contributed by atoms with E-state index in [1.807, 2.05) is 12.1 Å². The Bertz CT molecular complexity index is 855. The molecule has 0 aliphatic carbocycles. The van der Waals surface area contributed by atoms with Crippen LogP contribution in [0.1, 0.15) is 11.1 Å². The molecule has 0 saturated heterocycles. The third-order valence-electron chi connectivity index (χ3n) is 3.77. The summed E-state index contributed by atoms with van der Waals surface area (Å²) in [5.74, 6) is -0.0490. The number of phenolic OH excluding ortho intramolecular Hbond substituents is 1. The van der Waals surface area contributed by atoms with E-state index in [0.717, 1.165) is 22.8 Å². The van der Waals surface area contributed by atoms with E-state index in [4.69, 9.17) is 4.74 Å². The molecule has 2 nitrogen and oxygen atoms in total. The second kappa shape index (κ2) is 6.89. The van der Waals surface area contributed by atoms with Crippen LogP contribution in [0.3, 0.4) is 0 Å². The number of hydrogen-bond acceptors (Lipinski definition) is 2. The van der Waals surface area contributed by atoms with E-state index in [0.29, 0.717) is 0 Å². The van der Waals surface area contributed by atoms with E-state index < -0.39 is 11.7 Å². The zero-order valence-corrected chi connectivity index (χ0v) is 13.1. The largest absolute Gasteiger partial charge is 0.508 e. The highest BCUT2D eigenvalue weighted by Crippen LogP contribution is 2.36. The van der Waals surface area contributed by atoms with Gasteiger partial charge >= 0.3 is 6.18 Å². The number of halogens is 3. The predicted molar refractivity (Wildman–Crippen MR) is 89.3 cm³/mol. The van der Waals surface area contributed by atoms with Gasteiger partial charge in [0.2, 0.25) is 0 Å². The van der Waals surface area contributed by atoms with Gasteiger partial charge in [-0.3, -0.25) is 0 Å². The van der Waals surface area contributed by atoms with Gasteiger partial charge in [-0.25, -0.2) is 0 Å². The van der Waals surface area contributed by atoms with Crippen LogP contribution in [0, 0.1) is 0 Å². The Morgan fingerprint density at radius 1 is 0.800 bits per heavy atom. The minimum absolute atomic E-state index is 0.00411. The van der Waals surface area contributed by atoms with Gasteiger partial charge in [0.1, 0.15) is 18.1 Å². The molecule has 1 N–H and O–H groups in total. The van der Waals surface area contributed by atoms with Gasteiger partial charge in [-0.1, -0.05) is 48.5 Å². The van der Waals surface area contributed by atoms with Crippen LogP contribution in [-0.2, 0) is 12.8 Å². The lowest BCUT2D eigenvalue weighted by molar-refractivity contribution is -0.139. The highest BCUT2D eigenvalue weighted by Gasteiger charge is 2.34. The Hall–Kier alpha value is -2.95. The van der Waals surface area contributed by atoms with Crippen molar-refractivity contribution in [3.05, 3.63) is 83.9 Å². The molecule has 0 aromatic heterocycles. The summed E-state index contributed by atoms with van der Waals surface area (Å²) in [6.07, 6.45) is -4.47. The van der Waals surface area contributed by atoms with Crippen LogP contribution in [0.5, 0.6) is 11.5 Å². The molecule has 3 rings (SSSR count). The molecule has 0 fully saturated rings. The molecule has 0 spiro atoms. The summed E-state index contributed by atoms with van der Waals surface area (Å²) < 4.78 is 44.6. The number of alkyl halides is 3. The number of aromatic hydroxyl groups is 1. The Kier molecular flexibility index (Phi) is 4.65. The van der Waals surface area contributed by atoms with Gasteiger partial charge in [0.25, 0.3) is 0 Å². The maximum absolute atomic E-state index is 13.1. The topological polar surface area (TPSA) is 29.5 Å². The predicted octanol–water partition coefficient (Wildman–Crippen LogP) is 5.66. The van der Waals surface area contributed by atoms with E-state index >= 15 is 0 Å². The SMILES string of the molecule is Oc1ccc(-c2ccccc2COc2ccccc2C(F)(F)F)cc1. The Morgan fingerprint density at radius 2 is 1.44 bits per heavy atom. The number of rotatable bonds is 4. The second-order valence-corrected chi connectivity index (χ2v) is 5.49. The highest BCUT2D eigenvalue weighted by molar-refractivity contribution is 5.67. The van der Waals surface area contributed by atoms with Gasteiger partial charge in [0, 0.05) is 0 Å². The van der Waals surface area contributed by atoms with Crippen LogP contribution in [0.4, 0.5) is 13.2 Å². The van der Waals surface area contributed by atoms with E-state index in [1.165, 1.54) is 18.2 Å². The van der Waals surface area contributed by atoms with Gasteiger partial charge in [0.15, 0.2) is 0 Å². The third kappa shape index (κ3) is 3.94. The monoisotopic (exact) mass is 344 g/mol. The maximum Gasteiger partial charge on any atom is 0.419 e. The first-order valence-corrected chi connectivity index (χ1v) is 7.61. The van der Waals surface area contributed by atoms with Crippen molar-refractivity contribution in [2.75, 3.05) is 0 Å². The molecule has 25 heavy (non-hydrogen) atoms. The van der Waals surface area contributed by atoms with Crippen molar-refractivity contribution in [2.45, 2.75) is 12.8 Å². The third-order valence-corrected chi connectivity index (χ3v) is 3.77. The van der Waals surface area contributed by atoms with Gasteiger partial charge in [-0.15, -0.1) is 0 Å². The van der Waals surface area contributed by atoms with Gasteiger partial charge < -0.3 is 9.84 Å². The quantitative estimate of drug-likeness (QED) is 0.662. The van der Waals surface area contributed by atoms with E-state index in [1.54, 1.807) is 36.4 Å². The summed E-state index contributed by atoms with van der Waals surface area (Å²) in [5, 5.41) is 9.40. The minimum Gasteiger partial charge on any atom is -0.508 e. The van der Waals surface area contributed by atoms with E-state index in [2.05, 4.69) is 0 Å². The number of ether oxygens (including phenoxy) is 1. The van der Waals surface area contributed by atoms with Crippen molar-refractivity contribution in [1.82, 2.24) is 0 Å². The molecule has 3 aromatic carbocycles. The fourth-order valence-electron chi connectivity index (χ4n) is 2.55. The zero-order chi connectivity index (χ0) is 17.9. The molecule has 0 unspecified atom stereocenters. The van der Waals surface area contributed by atoms with Crippen molar-refractivity contribution in [2.24, 2.45) is 0 Å². The van der Waals surface area contributed by atoms with Crippen LogP contribution in [0.2, 0.25) is 0 Å². The number of hydrogen-bond donors (Lipinski definition) is 1. The molecule has 0 aliphatic rings. The first-order chi connectivity index (χ1) is 11.9. The zero-order valence-electron chi connectivity index (χ0n) is 13.1. The standard InChI is InChI=1S/C20H15F3O2/c21-20(22,23)18-7-3-4-8-19(18)25-13-15-5-1-2-6-17(15)14-9-11-16(24)12-10-14/h1-12,24H,13H2. The molecule has 0 heterocycles. The molecule has 0 amide bonds. The fraction of sp³-hybridized carbons (Fsp3) is 0.100. The van der Waals surface area contributed by atoms with Crippen molar-refractivity contribution < 1.29 is 23.0 Å². The number of phenols is 1. The second-order valence-electron chi connectivity index (χ2n) is 5.49. The normalized spacial score (nSPS) is 11.3. The minimum atomic E-state index is -4.47. The molecule has 0 saturated carbocycles. The lowest BCUT2D eigenvalue weighted by Crippen LogP contribution is -2.08. The van der Waals surface area contributed by atoms with E-state index in [-0.39, 0.29) is 18.1 Å². The first kappa shape index (κ1) is 16.9. The number of benzene rings is 3. The van der Waals surface area contributed by atoms with E-state index in [9.17, 15) is 18.3 Å². The molecule has 0 radical (unpaired) electrons. The lowest BCUT2D eigenvalue weighted by Gasteiger charge is -2.15. The maximum atomic E-state index is 13.1. The van der Waals surface area contributed by atoms with Crippen LogP contribution in [0.15, 0.2) is 72.8 Å². The van der Waals surface area contributed by atoms with Gasteiger partial charge in [-0.05, 0) is 41.0 Å². The van der Waals surface area contributed by atoms with Gasteiger partial charge in [0.05, 0.1) is 5.56 Å². The lowest BCUT2D eigenvalue weighted by atomic mass is 10.00. The van der Waals surface area contributed by atoms with Crippen LogP contribution in [0.25, 0.3) is 11.1 Å². The Labute approximate surface area is 143 Å². The van der Waals surface area contributed by atoms with Crippen LogP contribution in [-0.4, -0.2) is 5.11 Å². The average molecular weight is 344 g/mol.